The average Bonchev–Trinajstić information content (AvgIpc) is 3.12. The summed E-state index contributed by atoms with van der Waals surface area (Å²) < 4.78 is 7.86. The standard InChI is InChI=1S/C23H21N3O2/c1-16-10-11-18(13-17(16)2)25-23(27)20-7-3-4-8-21(20)28-15-19-14-26-12-6-5-9-22(26)24-19/h3-14H,15H2,1-2H3,(H,25,27). The van der Waals surface area contributed by atoms with Crippen molar-refractivity contribution in [3.8, 4) is 5.75 Å². The number of hydrogen-bond donors (Lipinski definition) is 1. The van der Waals surface area contributed by atoms with Crippen LogP contribution in [0.1, 0.15) is 27.2 Å². The summed E-state index contributed by atoms with van der Waals surface area (Å²) in [6.07, 6.45) is 3.86. The van der Waals surface area contributed by atoms with Gasteiger partial charge in [-0.25, -0.2) is 4.98 Å². The number of aromatic nitrogens is 2. The lowest BCUT2D eigenvalue weighted by Gasteiger charge is -2.12. The average molecular weight is 371 g/mol. The Morgan fingerprint density at radius 3 is 2.68 bits per heavy atom. The van der Waals surface area contributed by atoms with Crippen molar-refractivity contribution in [3.63, 3.8) is 0 Å². The molecule has 0 aliphatic carbocycles. The Labute approximate surface area is 163 Å². The molecule has 0 saturated heterocycles. The van der Waals surface area contributed by atoms with Gasteiger partial charge in [0.05, 0.1) is 11.3 Å². The van der Waals surface area contributed by atoms with E-state index in [2.05, 4.69) is 10.3 Å². The van der Waals surface area contributed by atoms with Gasteiger partial charge in [-0.2, -0.15) is 0 Å². The van der Waals surface area contributed by atoms with Crippen LogP contribution in [0.3, 0.4) is 0 Å². The van der Waals surface area contributed by atoms with Crippen LogP contribution in [-0.2, 0) is 6.61 Å². The summed E-state index contributed by atoms with van der Waals surface area (Å²) >= 11 is 0. The van der Waals surface area contributed by atoms with Crippen LogP contribution in [0.4, 0.5) is 5.69 Å². The monoisotopic (exact) mass is 371 g/mol. The first kappa shape index (κ1) is 17.8. The first-order valence-corrected chi connectivity index (χ1v) is 9.13. The van der Waals surface area contributed by atoms with Crippen LogP contribution in [0.2, 0.25) is 0 Å². The van der Waals surface area contributed by atoms with Gasteiger partial charge in [0, 0.05) is 18.1 Å². The molecule has 0 aliphatic heterocycles. The third-order valence-electron chi connectivity index (χ3n) is 4.69. The number of nitrogens with one attached hydrogen (secondary N) is 1. The third kappa shape index (κ3) is 3.74. The number of carbonyl (C=O) groups excluding carboxylic acids is 1. The second-order valence-electron chi connectivity index (χ2n) is 6.74. The van der Waals surface area contributed by atoms with E-state index >= 15 is 0 Å². The van der Waals surface area contributed by atoms with Crippen molar-refractivity contribution < 1.29 is 9.53 Å². The minimum Gasteiger partial charge on any atom is -0.486 e. The molecule has 2 aromatic carbocycles. The maximum Gasteiger partial charge on any atom is 0.259 e. The maximum absolute atomic E-state index is 12.8. The number of ether oxygens (including phenoxy) is 1. The summed E-state index contributed by atoms with van der Waals surface area (Å²) in [7, 11) is 0. The SMILES string of the molecule is Cc1ccc(NC(=O)c2ccccc2OCc2cn3ccccc3n2)cc1C. The van der Waals surface area contributed by atoms with Gasteiger partial charge in [0.25, 0.3) is 5.91 Å². The van der Waals surface area contributed by atoms with Crippen LogP contribution in [0.15, 0.2) is 73.1 Å². The van der Waals surface area contributed by atoms with Crippen LogP contribution in [0, 0.1) is 13.8 Å². The highest BCUT2D eigenvalue weighted by molar-refractivity contribution is 6.06. The predicted octanol–water partition coefficient (Wildman–Crippen LogP) is 4.78. The quantitative estimate of drug-likeness (QED) is 0.549. The van der Waals surface area contributed by atoms with E-state index in [9.17, 15) is 4.79 Å². The summed E-state index contributed by atoms with van der Waals surface area (Å²) in [5.74, 6) is 0.328. The Hall–Kier alpha value is -3.60. The van der Waals surface area contributed by atoms with E-state index in [1.54, 1.807) is 12.1 Å². The number of carbonyl (C=O) groups is 1. The zero-order valence-corrected chi connectivity index (χ0v) is 15.8. The van der Waals surface area contributed by atoms with Crippen molar-refractivity contribution in [1.29, 1.82) is 0 Å². The minimum absolute atomic E-state index is 0.200. The summed E-state index contributed by atoms with van der Waals surface area (Å²) in [4.78, 5) is 17.3. The molecular formula is C23H21N3O2. The summed E-state index contributed by atoms with van der Waals surface area (Å²) in [6, 6.07) is 18.9. The molecule has 0 saturated carbocycles. The van der Waals surface area contributed by atoms with Gasteiger partial charge in [-0.1, -0.05) is 24.3 Å². The molecule has 4 rings (SSSR count). The third-order valence-corrected chi connectivity index (χ3v) is 4.69. The first-order chi connectivity index (χ1) is 13.6. The van der Waals surface area contributed by atoms with E-state index in [-0.39, 0.29) is 12.5 Å². The lowest BCUT2D eigenvalue weighted by atomic mass is 10.1. The highest BCUT2D eigenvalue weighted by atomic mass is 16.5. The van der Waals surface area contributed by atoms with E-state index in [1.807, 2.05) is 79.2 Å². The van der Waals surface area contributed by atoms with Gasteiger partial charge in [-0.05, 0) is 61.4 Å². The normalized spacial score (nSPS) is 10.8. The molecule has 0 fully saturated rings. The second kappa shape index (κ2) is 7.56. The molecule has 2 aromatic heterocycles. The molecule has 0 unspecified atom stereocenters. The molecule has 2 heterocycles. The molecule has 1 N–H and O–H groups in total. The lowest BCUT2D eigenvalue weighted by Crippen LogP contribution is -2.14. The molecule has 28 heavy (non-hydrogen) atoms. The van der Waals surface area contributed by atoms with Crippen molar-refractivity contribution in [2.24, 2.45) is 0 Å². The van der Waals surface area contributed by atoms with Crippen LogP contribution in [-0.4, -0.2) is 15.3 Å². The number of imidazole rings is 1. The number of para-hydroxylation sites is 1. The number of amides is 1. The Morgan fingerprint density at radius 2 is 1.86 bits per heavy atom. The van der Waals surface area contributed by atoms with Gasteiger partial charge in [0.1, 0.15) is 18.0 Å². The molecule has 140 valence electrons. The van der Waals surface area contributed by atoms with Gasteiger partial charge >= 0.3 is 0 Å². The van der Waals surface area contributed by atoms with Crippen molar-refractivity contribution in [2.75, 3.05) is 5.32 Å². The number of rotatable bonds is 5. The smallest absolute Gasteiger partial charge is 0.259 e. The Morgan fingerprint density at radius 1 is 1.04 bits per heavy atom. The van der Waals surface area contributed by atoms with Crippen molar-refractivity contribution in [1.82, 2.24) is 9.38 Å². The zero-order chi connectivity index (χ0) is 19.5. The lowest BCUT2D eigenvalue weighted by molar-refractivity contribution is 0.102. The van der Waals surface area contributed by atoms with Gasteiger partial charge < -0.3 is 14.5 Å². The molecule has 0 spiro atoms. The van der Waals surface area contributed by atoms with Crippen LogP contribution >= 0.6 is 0 Å². The highest BCUT2D eigenvalue weighted by Gasteiger charge is 2.13. The van der Waals surface area contributed by atoms with Gasteiger partial charge in [0.2, 0.25) is 0 Å². The number of fused-ring (bicyclic) bond motifs is 1. The predicted molar refractivity (Wildman–Crippen MR) is 110 cm³/mol. The number of aryl methyl sites for hydroxylation is 2. The molecule has 4 aromatic rings. The van der Waals surface area contributed by atoms with Crippen LogP contribution in [0.5, 0.6) is 5.75 Å². The first-order valence-electron chi connectivity index (χ1n) is 9.13. The number of pyridine rings is 1. The summed E-state index contributed by atoms with van der Waals surface area (Å²) in [6.45, 7) is 4.36. The number of hydrogen-bond acceptors (Lipinski definition) is 3. The summed E-state index contributed by atoms with van der Waals surface area (Å²) in [5.41, 5.74) is 5.24. The zero-order valence-electron chi connectivity index (χ0n) is 15.8. The largest absolute Gasteiger partial charge is 0.486 e. The van der Waals surface area contributed by atoms with E-state index in [1.165, 1.54) is 5.56 Å². The van der Waals surface area contributed by atoms with Gasteiger partial charge in [-0.3, -0.25) is 4.79 Å². The fraction of sp³-hybridized carbons (Fsp3) is 0.130. The summed E-state index contributed by atoms with van der Waals surface area (Å²) in [5, 5.41) is 2.95. The molecular weight excluding hydrogens is 350 g/mol. The Balaban J connectivity index is 1.51. The molecule has 1 amide bonds. The van der Waals surface area contributed by atoms with E-state index in [0.29, 0.717) is 11.3 Å². The van der Waals surface area contributed by atoms with E-state index in [0.717, 1.165) is 22.6 Å². The Bertz CT molecular complexity index is 1110. The second-order valence-corrected chi connectivity index (χ2v) is 6.74. The van der Waals surface area contributed by atoms with Gasteiger partial charge in [0.15, 0.2) is 0 Å². The molecule has 0 aliphatic rings. The maximum atomic E-state index is 12.8. The highest BCUT2D eigenvalue weighted by Crippen LogP contribution is 2.22. The molecule has 0 bridgehead atoms. The minimum atomic E-state index is -0.200. The molecule has 0 radical (unpaired) electrons. The number of anilines is 1. The van der Waals surface area contributed by atoms with Crippen LogP contribution in [0.25, 0.3) is 5.65 Å². The molecule has 0 atom stereocenters. The molecule has 5 heteroatoms. The number of nitrogens with zero attached hydrogens (tertiary/aromatic N) is 2. The van der Waals surface area contributed by atoms with E-state index < -0.39 is 0 Å². The fourth-order valence-electron chi connectivity index (χ4n) is 3.01. The van der Waals surface area contributed by atoms with Crippen molar-refractivity contribution in [2.45, 2.75) is 20.5 Å². The topological polar surface area (TPSA) is 55.6 Å². The van der Waals surface area contributed by atoms with Crippen molar-refractivity contribution in [3.05, 3.63) is 95.4 Å². The van der Waals surface area contributed by atoms with Crippen molar-refractivity contribution >= 4 is 17.2 Å². The molecule has 5 nitrogen and oxygen atoms in total. The Kier molecular flexibility index (Phi) is 4.81. The van der Waals surface area contributed by atoms with Crippen LogP contribution < -0.4 is 10.1 Å². The fourth-order valence-corrected chi connectivity index (χ4v) is 3.01. The van der Waals surface area contributed by atoms with Gasteiger partial charge in [-0.15, -0.1) is 0 Å². The number of benzene rings is 2. The van der Waals surface area contributed by atoms with E-state index in [4.69, 9.17) is 4.74 Å².